The van der Waals surface area contributed by atoms with E-state index in [1.165, 1.54) is 6.42 Å². The molecular weight excluding hydrogens is 200 g/mol. The first-order chi connectivity index (χ1) is 7.66. The highest BCUT2D eigenvalue weighted by atomic mass is 15.2. The van der Waals surface area contributed by atoms with Crippen molar-refractivity contribution in [2.24, 2.45) is 0 Å². The lowest BCUT2D eigenvalue weighted by Gasteiger charge is -2.22. The van der Waals surface area contributed by atoms with E-state index in [1.54, 1.807) is 0 Å². The number of hydrogen-bond donors (Lipinski definition) is 1. The summed E-state index contributed by atoms with van der Waals surface area (Å²) in [6, 6.07) is 1.99. The van der Waals surface area contributed by atoms with Gasteiger partial charge in [0.25, 0.3) is 0 Å². The van der Waals surface area contributed by atoms with Crippen molar-refractivity contribution in [3.8, 4) is 0 Å². The SMILES string of the molecule is Cc1cnc(N2CCCN(C)CC2)cc1N. The van der Waals surface area contributed by atoms with E-state index >= 15 is 0 Å². The van der Waals surface area contributed by atoms with Crippen molar-refractivity contribution in [2.75, 3.05) is 43.9 Å². The molecule has 2 heterocycles. The Balaban J connectivity index is 2.13. The predicted octanol–water partition coefficient (Wildman–Crippen LogP) is 1.11. The van der Waals surface area contributed by atoms with Crippen LogP contribution in [0.2, 0.25) is 0 Å². The molecule has 2 N–H and O–H groups in total. The summed E-state index contributed by atoms with van der Waals surface area (Å²) >= 11 is 0. The van der Waals surface area contributed by atoms with Crippen LogP contribution in [-0.2, 0) is 0 Å². The summed E-state index contributed by atoms with van der Waals surface area (Å²) in [6.45, 7) is 6.35. The summed E-state index contributed by atoms with van der Waals surface area (Å²) in [5.74, 6) is 1.01. The van der Waals surface area contributed by atoms with E-state index in [0.717, 1.165) is 43.2 Å². The zero-order valence-corrected chi connectivity index (χ0v) is 10.1. The summed E-state index contributed by atoms with van der Waals surface area (Å²) in [6.07, 6.45) is 3.05. The zero-order chi connectivity index (χ0) is 11.5. The van der Waals surface area contributed by atoms with Gasteiger partial charge in [0.2, 0.25) is 0 Å². The number of nitrogen functional groups attached to an aromatic ring is 1. The van der Waals surface area contributed by atoms with Gasteiger partial charge in [0.05, 0.1) is 0 Å². The molecular formula is C12H20N4. The van der Waals surface area contributed by atoms with Crippen LogP contribution in [0.4, 0.5) is 11.5 Å². The average molecular weight is 220 g/mol. The Morgan fingerprint density at radius 2 is 2.06 bits per heavy atom. The maximum atomic E-state index is 5.92. The molecule has 0 saturated carbocycles. The van der Waals surface area contributed by atoms with E-state index in [2.05, 4.69) is 21.8 Å². The van der Waals surface area contributed by atoms with Crippen LogP contribution in [0.1, 0.15) is 12.0 Å². The summed E-state index contributed by atoms with van der Waals surface area (Å²) in [7, 11) is 2.17. The van der Waals surface area contributed by atoms with Crippen molar-refractivity contribution in [2.45, 2.75) is 13.3 Å². The Kier molecular flexibility index (Phi) is 3.29. The van der Waals surface area contributed by atoms with E-state index in [9.17, 15) is 0 Å². The van der Waals surface area contributed by atoms with E-state index in [0.29, 0.717) is 0 Å². The normalized spacial score (nSPS) is 18.5. The van der Waals surface area contributed by atoms with Crippen LogP contribution in [-0.4, -0.2) is 43.1 Å². The van der Waals surface area contributed by atoms with Gasteiger partial charge in [0.15, 0.2) is 0 Å². The summed E-state index contributed by atoms with van der Waals surface area (Å²) < 4.78 is 0. The first-order valence-electron chi connectivity index (χ1n) is 5.82. The fraction of sp³-hybridized carbons (Fsp3) is 0.583. The van der Waals surface area contributed by atoms with Gasteiger partial charge in [-0.2, -0.15) is 0 Å². The van der Waals surface area contributed by atoms with Gasteiger partial charge in [-0.3, -0.25) is 0 Å². The van der Waals surface area contributed by atoms with Crippen molar-refractivity contribution >= 4 is 11.5 Å². The minimum absolute atomic E-state index is 0.836. The van der Waals surface area contributed by atoms with Crippen LogP contribution in [0, 0.1) is 6.92 Å². The predicted molar refractivity (Wildman–Crippen MR) is 67.7 cm³/mol. The quantitative estimate of drug-likeness (QED) is 0.770. The largest absolute Gasteiger partial charge is 0.398 e. The van der Waals surface area contributed by atoms with Crippen molar-refractivity contribution in [3.05, 3.63) is 17.8 Å². The summed E-state index contributed by atoms with van der Waals surface area (Å²) in [5, 5.41) is 0. The molecule has 1 aliphatic heterocycles. The summed E-state index contributed by atoms with van der Waals surface area (Å²) in [4.78, 5) is 9.13. The molecule has 0 atom stereocenters. The monoisotopic (exact) mass is 220 g/mol. The molecule has 1 aromatic heterocycles. The van der Waals surface area contributed by atoms with Crippen molar-refractivity contribution < 1.29 is 0 Å². The minimum Gasteiger partial charge on any atom is -0.398 e. The average Bonchev–Trinajstić information content (AvgIpc) is 2.47. The van der Waals surface area contributed by atoms with Gasteiger partial charge in [-0.25, -0.2) is 4.98 Å². The molecule has 4 nitrogen and oxygen atoms in total. The van der Waals surface area contributed by atoms with Gasteiger partial charge < -0.3 is 15.5 Å². The molecule has 0 radical (unpaired) electrons. The molecule has 0 bridgehead atoms. The number of aromatic nitrogens is 1. The van der Waals surface area contributed by atoms with Crippen LogP contribution in [0.3, 0.4) is 0 Å². The molecule has 4 heteroatoms. The van der Waals surface area contributed by atoms with Crippen molar-refractivity contribution in [1.82, 2.24) is 9.88 Å². The van der Waals surface area contributed by atoms with E-state index in [1.807, 2.05) is 19.2 Å². The van der Waals surface area contributed by atoms with Gasteiger partial charge in [-0.05, 0) is 32.5 Å². The van der Waals surface area contributed by atoms with E-state index in [-0.39, 0.29) is 0 Å². The van der Waals surface area contributed by atoms with Crippen LogP contribution < -0.4 is 10.6 Å². The number of rotatable bonds is 1. The van der Waals surface area contributed by atoms with Crippen LogP contribution in [0.25, 0.3) is 0 Å². The number of hydrogen-bond acceptors (Lipinski definition) is 4. The molecule has 2 rings (SSSR count). The lowest BCUT2D eigenvalue weighted by atomic mass is 10.2. The standard InChI is InChI=1S/C12H20N4/c1-10-9-14-12(8-11(10)13)16-5-3-4-15(2)6-7-16/h8-9H,3-7H2,1-2H3,(H2,13,14). The molecule has 0 aliphatic carbocycles. The maximum absolute atomic E-state index is 5.92. The third kappa shape index (κ3) is 2.44. The van der Waals surface area contributed by atoms with E-state index in [4.69, 9.17) is 5.73 Å². The number of nitrogens with two attached hydrogens (primary N) is 1. The highest BCUT2D eigenvalue weighted by Gasteiger charge is 2.13. The molecule has 0 aromatic carbocycles. The highest BCUT2D eigenvalue weighted by molar-refractivity contribution is 5.54. The molecule has 0 amide bonds. The smallest absolute Gasteiger partial charge is 0.130 e. The van der Waals surface area contributed by atoms with Crippen LogP contribution >= 0.6 is 0 Å². The molecule has 0 spiro atoms. The second kappa shape index (κ2) is 4.70. The van der Waals surface area contributed by atoms with E-state index < -0.39 is 0 Å². The lowest BCUT2D eigenvalue weighted by molar-refractivity contribution is 0.360. The Labute approximate surface area is 97.1 Å². The second-order valence-electron chi connectivity index (χ2n) is 4.54. The molecule has 88 valence electrons. The molecule has 1 saturated heterocycles. The summed E-state index contributed by atoms with van der Waals surface area (Å²) in [5.41, 5.74) is 7.80. The fourth-order valence-electron chi connectivity index (χ4n) is 1.98. The second-order valence-corrected chi connectivity index (χ2v) is 4.54. The molecule has 1 aliphatic rings. The van der Waals surface area contributed by atoms with Gasteiger partial charge in [-0.15, -0.1) is 0 Å². The first-order valence-corrected chi connectivity index (χ1v) is 5.82. The molecule has 1 fully saturated rings. The number of nitrogens with zero attached hydrogens (tertiary/aromatic N) is 3. The lowest BCUT2D eigenvalue weighted by Crippen LogP contribution is -2.29. The first kappa shape index (κ1) is 11.2. The number of pyridine rings is 1. The molecule has 1 aromatic rings. The fourth-order valence-corrected chi connectivity index (χ4v) is 1.98. The van der Waals surface area contributed by atoms with Crippen molar-refractivity contribution in [3.63, 3.8) is 0 Å². The topological polar surface area (TPSA) is 45.4 Å². The van der Waals surface area contributed by atoms with Gasteiger partial charge >= 0.3 is 0 Å². The number of likely N-dealkylation sites (N-methyl/N-ethyl adjacent to an activating group) is 1. The van der Waals surface area contributed by atoms with Crippen LogP contribution in [0.5, 0.6) is 0 Å². The van der Waals surface area contributed by atoms with Crippen LogP contribution in [0.15, 0.2) is 12.3 Å². The minimum atomic E-state index is 0.836. The van der Waals surface area contributed by atoms with Gasteiger partial charge in [-0.1, -0.05) is 0 Å². The molecule has 16 heavy (non-hydrogen) atoms. The highest BCUT2D eigenvalue weighted by Crippen LogP contribution is 2.18. The number of anilines is 2. The molecule has 0 unspecified atom stereocenters. The maximum Gasteiger partial charge on any atom is 0.130 e. The third-order valence-corrected chi connectivity index (χ3v) is 3.17. The third-order valence-electron chi connectivity index (χ3n) is 3.17. The Bertz CT molecular complexity index is 364. The Morgan fingerprint density at radius 3 is 2.81 bits per heavy atom. The Morgan fingerprint density at radius 1 is 1.25 bits per heavy atom. The van der Waals surface area contributed by atoms with Gasteiger partial charge in [0.1, 0.15) is 5.82 Å². The zero-order valence-electron chi connectivity index (χ0n) is 10.1. The Hall–Kier alpha value is -1.29. The van der Waals surface area contributed by atoms with Gasteiger partial charge in [0, 0.05) is 37.6 Å². The number of aryl methyl sites for hydroxylation is 1. The van der Waals surface area contributed by atoms with Crippen molar-refractivity contribution in [1.29, 1.82) is 0 Å².